The van der Waals surface area contributed by atoms with Gasteiger partial charge in [0.25, 0.3) is 0 Å². The summed E-state index contributed by atoms with van der Waals surface area (Å²) in [7, 11) is 0. The maximum Gasteiger partial charge on any atom is 0.157 e. The molecule has 0 aliphatic heterocycles. The zero-order valence-corrected chi connectivity index (χ0v) is 13.3. The molecule has 3 aromatic rings. The highest BCUT2D eigenvalue weighted by molar-refractivity contribution is 6.30. The molecule has 0 aliphatic carbocycles. The minimum absolute atomic E-state index is 0.252. The lowest BCUT2D eigenvalue weighted by molar-refractivity contribution is 0.189. The van der Waals surface area contributed by atoms with Crippen molar-refractivity contribution in [2.45, 2.75) is 25.9 Å². The molecule has 3 rings (SSSR count). The number of aromatic amines is 1. The van der Waals surface area contributed by atoms with Crippen LogP contribution in [0.15, 0.2) is 36.7 Å². The van der Waals surface area contributed by atoms with Gasteiger partial charge in [0.15, 0.2) is 5.65 Å². The lowest BCUT2D eigenvalue weighted by Gasteiger charge is -2.19. The highest BCUT2D eigenvalue weighted by Gasteiger charge is 2.17. The highest BCUT2D eigenvalue weighted by Crippen LogP contribution is 2.30. The SMILES string of the molecule is CCCC(Oc1cc(Cl)ccc1C#N)c1ccc2nc[nH]c2n1. The summed E-state index contributed by atoms with van der Waals surface area (Å²) in [6.07, 6.45) is 3.07. The number of ether oxygens (including phenoxy) is 1. The van der Waals surface area contributed by atoms with Gasteiger partial charge in [0.2, 0.25) is 0 Å². The summed E-state index contributed by atoms with van der Waals surface area (Å²) in [6.45, 7) is 2.08. The minimum Gasteiger partial charge on any atom is -0.483 e. The Hall–Kier alpha value is -2.58. The van der Waals surface area contributed by atoms with Crippen LogP contribution in [0.5, 0.6) is 5.75 Å². The third kappa shape index (κ3) is 3.27. The number of nitriles is 1. The third-order valence-electron chi connectivity index (χ3n) is 3.51. The molecule has 5 nitrogen and oxygen atoms in total. The van der Waals surface area contributed by atoms with Gasteiger partial charge in [0, 0.05) is 11.1 Å². The Morgan fingerprint density at radius 3 is 3.00 bits per heavy atom. The molecule has 23 heavy (non-hydrogen) atoms. The Bertz CT molecular complexity index is 868. The van der Waals surface area contributed by atoms with Crippen molar-refractivity contribution in [2.24, 2.45) is 0 Å². The molecule has 0 bridgehead atoms. The Kier molecular flexibility index (Phi) is 4.45. The van der Waals surface area contributed by atoms with Gasteiger partial charge in [-0.15, -0.1) is 0 Å². The third-order valence-corrected chi connectivity index (χ3v) is 3.75. The predicted molar refractivity (Wildman–Crippen MR) is 88.3 cm³/mol. The van der Waals surface area contributed by atoms with Gasteiger partial charge in [-0.2, -0.15) is 5.26 Å². The number of nitrogens with zero attached hydrogens (tertiary/aromatic N) is 3. The molecule has 0 spiro atoms. The van der Waals surface area contributed by atoms with E-state index >= 15 is 0 Å². The molecule has 2 aromatic heterocycles. The van der Waals surface area contributed by atoms with Crippen molar-refractivity contribution >= 4 is 22.8 Å². The van der Waals surface area contributed by atoms with E-state index in [1.165, 1.54) is 0 Å². The van der Waals surface area contributed by atoms with E-state index in [9.17, 15) is 5.26 Å². The average molecular weight is 327 g/mol. The average Bonchev–Trinajstić information content (AvgIpc) is 3.02. The van der Waals surface area contributed by atoms with Crippen molar-refractivity contribution in [3.8, 4) is 11.8 Å². The summed E-state index contributed by atoms with van der Waals surface area (Å²) >= 11 is 6.03. The molecule has 0 fully saturated rings. The molecule has 0 radical (unpaired) electrons. The van der Waals surface area contributed by atoms with Crippen molar-refractivity contribution in [2.75, 3.05) is 0 Å². The monoisotopic (exact) mass is 326 g/mol. The van der Waals surface area contributed by atoms with Crippen molar-refractivity contribution in [3.05, 3.63) is 52.9 Å². The number of benzene rings is 1. The minimum atomic E-state index is -0.252. The van der Waals surface area contributed by atoms with E-state index in [2.05, 4.69) is 27.9 Å². The van der Waals surface area contributed by atoms with Crippen molar-refractivity contribution in [1.29, 1.82) is 5.26 Å². The normalized spacial score (nSPS) is 12.0. The number of hydrogen-bond acceptors (Lipinski definition) is 4. The van der Waals surface area contributed by atoms with Crippen LogP contribution in [0.3, 0.4) is 0 Å². The lowest BCUT2D eigenvalue weighted by atomic mass is 10.1. The van der Waals surface area contributed by atoms with Gasteiger partial charge in [0.05, 0.1) is 17.6 Å². The van der Waals surface area contributed by atoms with E-state index in [0.717, 1.165) is 29.7 Å². The fourth-order valence-corrected chi connectivity index (χ4v) is 2.55. The summed E-state index contributed by atoms with van der Waals surface area (Å²) in [5, 5.41) is 9.77. The first kappa shape index (κ1) is 15.3. The maximum atomic E-state index is 9.23. The number of halogens is 1. The number of H-pyrrole nitrogens is 1. The van der Waals surface area contributed by atoms with E-state index in [0.29, 0.717) is 16.3 Å². The van der Waals surface area contributed by atoms with Crippen LogP contribution >= 0.6 is 11.6 Å². The molecule has 0 aliphatic rings. The number of aromatic nitrogens is 3. The number of hydrogen-bond donors (Lipinski definition) is 1. The fourth-order valence-electron chi connectivity index (χ4n) is 2.39. The Morgan fingerprint density at radius 1 is 1.35 bits per heavy atom. The molecule has 1 unspecified atom stereocenters. The molecule has 1 atom stereocenters. The topological polar surface area (TPSA) is 74.6 Å². The van der Waals surface area contributed by atoms with Crippen LogP contribution in [0.4, 0.5) is 0 Å². The zero-order chi connectivity index (χ0) is 16.2. The first-order valence-corrected chi connectivity index (χ1v) is 7.75. The quantitative estimate of drug-likeness (QED) is 0.754. The Balaban J connectivity index is 1.95. The molecule has 2 heterocycles. The van der Waals surface area contributed by atoms with Crippen LogP contribution in [0.25, 0.3) is 11.2 Å². The molecule has 0 saturated carbocycles. The van der Waals surface area contributed by atoms with E-state index in [-0.39, 0.29) is 6.10 Å². The van der Waals surface area contributed by atoms with E-state index in [1.54, 1.807) is 24.5 Å². The first-order chi connectivity index (χ1) is 11.2. The van der Waals surface area contributed by atoms with Crippen LogP contribution in [-0.4, -0.2) is 15.0 Å². The molecule has 1 N–H and O–H groups in total. The van der Waals surface area contributed by atoms with Crippen molar-refractivity contribution in [1.82, 2.24) is 15.0 Å². The predicted octanol–water partition coefficient (Wildman–Crippen LogP) is 4.40. The van der Waals surface area contributed by atoms with Crippen LogP contribution in [-0.2, 0) is 0 Å². The zero-order valence-electron chi connectivity index (χ0n) is 12.6. The van der Waals surface area contributed by atoms with Gasteiger partial charge < -0.3 is 9.72 Å². The molecule has 116 valence electrons. The maximum absolute atomic E-state index is 9.23. The molecular formula is C17H15ClN4O. The van der Waals surface area contributed by atoms with Gasteiger partial charge in [-0.1, -0.05) is 24.9 Å². The van der Waals surface area contributed by atoms with Gasteiger partial charge in [-0.25, -0.2) is 9.97 Å². The summed E-state index contributed by atoms with van der Waals surface area (Å²) in [6, 6.07) is 10.9. The van der Waals surface area contributed by atoms with Crippen LogP contribution in [0, 0.1) is 11.3 Å². The summed E-state index contributed by atoms with van der Waals surface area (Å²) in [5.74, 6) is 0.477. The molecule has 0 saturated heterocycles. The Morgan fingerprint density at radius 2 is 2.22 bits per heavy atom. The number of fused-ring (bicyclic) bond motifs is 1. The van der Waals surface area contributed by atoms with E-state index in [4.69, 9.17) is 16.3 Å². The lowest BCUT2D eigenvalue weighted by Crippen LogP contribution is -2.10. The van der Waals surface area contributed by atoms with Gasteiger partial charge in [-0.05, 0) is 30.7 Å². The van der Waals surface area contributed by atoms with E-state index in [1.807, 2.05) is 12.1 Å². The number of rotatable bonds is 5. The second kappa shape index (κ2) is 6.67. The molecule has 6 heteroatoms. The van der Waals surface area contributed by atoms with Crippen LogP contribution in [0.1, 0.15) is 37.1 Å². The van der Waals surface area contributed by atoms with Crippen LogP contribution in [0.2, 0.25) is 5.02 Å². The van der Waals surface area contributed by atoms with E-state index < -0.39 is 0 Å². The highest BCUT2D eigenvalue weighted by atomic mass is 35.5. The number of pyridine rings is 1. The smallest absolute Gasteiger partial charge is 0.157 e. The fraction of sp³-hybridized carbons (Fsp3) is 0.235. The summed E-state index contributed by atoms with van der Waals surface area (Å²) in [5.41, 5.74) is 2.79. The first-order valence-electron chi connectivity index (χ1n) is 7.37. The molecular weight excluding hydrogens is 312 g/mol. The largest absolute Gasteiger partial charge is 0.483 e. The van der Waals surface area contributed by atoms with Crippen molar-refractivity contribution < 1.29 is 4.74 Å². The summed E-state index contributed by atoms with van der Waals surface area (Å²) < 4.78 is 6.07. The van der Waals surface area contributed by atoms with Crippen molar-refractivity contribution in [3.63, 3.8) is 0 Å². The second-order valence-corrected chi connectivity index (χ2v) is 5.59. The molecule has 0 amide bonds. The standard InChI is InChI=1S/C17H15ClN4O/c1-2-3-15(13-6-7-14-17(22-13)21-10-20-14)23-16-8-12(18)5-4-11(16)9-19/h4-8,10,15H,2-3H2,1H3,(H,20,21,22). The second-order valence-electron chi connectivity index (χ2n) is 5.15. The number of imidazole rings is 1. The van der Waals surface area contributed by atoms with Gasteiger partial charge in [-0.3, -0.25) is 0 Å². The molecule has 1 aromatic carbocycles. The summed E-state index contributed by atoms with van der Waals surface area (Å²) in [4.78, 5) is 11.7. The Labute approximate surface area is 138 Å². The van der Waals surface area contributed by atoms with Crippen LogP contribution < -0.4 is 4.74 Å². The number of nitrogens with one attached hydrogen (secondary N) is 1. The van der Waals surface area contributed by atoms with Gasteiger partial charge in [0.1, 0.15) is 23.4 Å². The van der Waals surface area contributed by atoms with Gasteiger partial charge >= 0.3 is 0 Å².